The highest BCUT2D eigenvalue weighted by atomic mass is 32.1. The molecule has 1 aliphatic carbocycles. The monoisotopic (exact) mass is 257 g/mol. The van der Waals surface area contributed by atoms with Crippen LogP contribution < -0.4 is 16.8 Å². The van der Waals surface area contributed by atoms with Crippen molar-refractivity contribution in [1.29, 1.82) is 0 Å². The topological polar surface area (TPSA) is 98.2 Å². The molecule has 1 saturated carbocycles. The predicted octanol–water partition coefficient (Wildman–Crippen LogP) is 0.0705. The Labute approximate surface area is 106 Å². The molecule has 6 heteroatoms. The SMILES string of the molecule is CC1CC(C(=O)NCCCC(N)=O)(C(N)=S)C1. The lowest BCUT2D eigenvalue weighted by Gasteiger charge is -2.44. The molecule has 0 aromatic heterocycles. The van der Waals surface area contributed by atoms with Crippen LogP contribution in [0.2, 0.25) is 0 Å². The number of carbonyl (C=O) groups is 2. The molecule has 17 heavy (non-hydrogen) atoms. The second-order valence-electron chi connectivity index (χ2n) is 4.79. The number of thiocarbonyl (C=S) groups is 1. The van der Waals surface area contributed by atoms with Crippen LogP contribution in [-0.2, 0) is 9.59 Å². The first kappa shape index (κ1) is 13.9. The van der Waals surface area contributed by atoms with Crippen molar-refractivity contribution < 1.29 is 9.59 Å². The summed E-state index contributed by atoms with van der Waals surface area (Å²) in [4.78, 5) is 22.8. The van der Waals surface area contributed by atoms with E-state index >= 15 is 0 Å². The van der Waals surface area contributed by atoms with E-state index in [1.54, 1.807) is 0 Å². The van der Waals surface area contributed by atoms with E-state index in [0.29, 0.717) is 31.7 Å². The maximum atomic E-state index is 12.0. The number of carbonyl (C=O) groups excluding carboxylic acids is 2. The third kappa shape index (κ3) is 3.15. The summed E-state index contributed by atoms with van der Waals surface area (Å²) in [5.74, 6) is 0.000939. The first-order valence-corrected chi connectivity index (χ1v) is 6.16. The molecule has 0 spiro atoms. The van der Waals surface area contributed by atoms with E-state index < -0.39 is 5.41 Å². The average molecular weight is 257 g/mol. The third-order valence-electron chi connectivity index (χ3n) is 3.19. The Hall–Kier alpha value is -1.17. The van der Waals surface area contributed by atoms with E-state index in [0.717, 1.165) is 0 Å². The molecule has 96 valence electrons. The van der Waals surface area contributed by atoms with Gasteiger partial charge in [0, 0.05) is 13.0 Å². The molecule has 5 N–H and O–H groups in total. The van der Waals surface area contributed by atoms with Gasteiger partial charge in [0.05, 0.1) is 10.4 Å². The minimum atomic E-state index is -0.665. The normalized spacial score (nSPS) is 27.0. The van der Waals surface area contributed by atoms with Crippen molar-refractivity contribution in [3.8, 4) is 0 Å². The van der Waals surface area contributed by atoms with Crippen LogP contribution >= 0.6 is 12.2 Å². The Kier molecular flexibility index (Phi) is 4.45. The summed E-state index contributed by atoms with van der Waals surface area (Å²) in [6.07, 6.45) is 2.24. The quantitative estimate of drug-likeness (QED) is 0.463. The molecular formula is C11H19N3O2S. The second-order valence-corrected chi connectivity index (χ2v) is 5.23. The molecule has 0 unspecified atom stereocenters. The smallest absolute Gasteiger partial charge is 0.233 e. The van der Waals surface area contributed by atoms with Crippen LogP contribution in [0.1, 0.15) is 32.6 Å². The third-order valence-corrected chi connectivity index (χ3v) is 3.58. The molecule has 0 bridgehead atoms. The van der Waals surface area contributed by atoms with Crippen LogP contribution in [0.4, 0.5) is 0 Å². The van der Waals surface area contributed by atoms with Crippen LogP contribution in [0.15, 0.2) is 0 Å². The maximum Gasteiger partial charge on any atom is 0.233 e. The molecule has 1 aliphatic rings. The van der Waals surface area contributed by atoms with Crippen LogP contribution in [-0.4, -0.2) is 23.3 Å². The first-order chi connectivity index (χ1) is 7.88. The summed E-state index contributed by atoms with van der Waals surface area (Å²) < 4.78 is 0. The number of primary amides is 1. The van der Waals surface area contributed by atoms with Gasteiger partial charge in [0.1, 0.15) is 0 Å². The minimum Gasteiger partial charge on any atom is -0.392 e. The van der Waals surface area contributed by atoms with Crippen molar-refractivity contribution in [1.82, 2.24) is 5.32 Å². The molecule has 1 rings (SSSR count). The number of nitrogens with two attached hydrogens (primary N) is 2. The molecule has 0 radical (unpaired) electrons. The summed E-state index contributed by atoms with van der Waals surface area (Å²) in [5.41, 5.74) is 9.99. The Morgan fingerprint density at radius 2 is 2.00 bits per heavy atom. The predicted molar refractivity (Wildman–Crippen MR) is 69.1 cm³/mol. The van der Waals surface area contributed by atoms with Gasteiger partial charge in [-0.2, -0.15) is 0 Å². The number of rotatable bonds is 6. The van der Waals surface area contributed by atoms with Gasteiger partial charge in [-0.1, -0.05) is 19.1 Å². The van der Waals surface area contributed by atoms with Crippen LogP contribution in [0, 0.1) is 11.3 Å². The molecule has 1 fully saturated rings. The van der Waals surface area contributed by atoms with Gasteiger partial charge in [0.2, 0.25) is 11.8 Å². The van der Waals surface area contributed by atoms with E-state index in [4.69, 9.17) is 23.7 Å². The summed E-state index contributed by atoms with van der Waals surface area (Å²) in [6.45, 7) is 2.50. The number of hydrogen-bond donors (Lipinski definition) is 3. The molecule has 2 amide bonds. The van der Waals surface area contributed by atoms with Gasteiger partial charge in [0.15, 0.2) is 0 Å². The highest BCUT2D eigenvalue weighted by molar-refractivity contribution is 7.80. The number of hydrogen-bond acceptors (Lipinski definition) is 3. The average Bonchev–Trinajstić information content (AvgIpc) is 2.18. The van der Waals surface area contributed by atoms with Crippen molar-refractivity contribution >= 4 is 29.0 Å². The summed E-state index contributed by atoms with van der Waals surface area (Å²) >= 11 is 4.97. The molecule has 0 aromatic carbocycles. The van der Waals surface area contributed by atoms with Gasteiger partial charge in [0.25, 0.3) is 0 Å². The lowest BCUT2D eigenvalue weighted by molar-refractivity contribution is -0.133. The molecule has 0 aromatic rings. The molecule has 0 atom stereocenters. The summed E-state index contributed by atoms with van der Waals surface area (Å²) in [6, 6.07) is 0. The fourth-order valence-corrected chi connectivity index (χ4v) is 2.52. The van der Waals surface area contributed by atoms with E-state index in [2.05, 4.69) is 12.2 Å². The van der Waals surface area contributed by atoms with E-state index in [-0.39, 0.29) is 23.2 Å². The minimum absolute atomic E-state index is 0.118. The van der Waals surface area contributed by atoms with E-state index in [1.165, 1.54) is 0 Å². The molecule has 5 nitrogen and oxygen atoms in total. The standard InChI is InChI=1S/C11H19N3O2S/c1-7-5-11(6-7,9(13)17)10(16)14-4-2-3-8(12)15/h7H,2-6H2,1H3,(H2,12,15)(H2,13,17)(H,14,16). The zero-order chi connectivity index (χ0) is 13.1. The van der Waals surface area contributed by atoms with Crippen molar-refractivity contribution in [3.63, 3.8) is 0 Å². The van der Waals surface area contributed by atoms with Crippen molar-refractivity contribution in [2.75, 3.05) is 6.54 Å². The van der Waals surface area contributed by atoms with Crippen LogP contribution in [0.25, 0.3) is 0 Å². The number of nitrogens with one attached hydrogen (secondary N) is 1. The highest BCUT2D eigenvalue weighted by Gasteiger charge is 2.50. The molecule has 0 aliphatic heterocycles. The second kappa shape index (κ2) is 5.44. The lowest BCUT2D eigenvalue weighted by Crippen LogP contribution is -2.56. The van der Waals surface area contributed by atoms with Gasteiger partial charge in [-0.3, -0.25) is 9.59 Å². The van der Waals surface area contributed by atoms with Crippen molar-refractivity contribution in [2.45, 2.75) is 32.6 Å². The van der Waals surface area contributed by atoms with Gasteiger partial charge < -0.3 is 16.8 Å². The summed E-state index contributed by atoms with van der Waals surface area (Å²) in [5, 5.41) is 2.77. The highest BCUT2D eigenvalue weighted by Crippen LogP contribution is 2.45. The van der Waals surface area contributed by atoms with Crippen LogP contribution in [0.3, 0.4) is 0 Å². The fraction of sp³-hybridized carbons (Fsp3) is 0.727. The zero-order valence-corrected chi connectivity index (χ0v) is 10.8. The Morgan fingerprint density at radius 1 is 1.41 bits per heavy atom. The van der Waals surface area contributed by atoms with Crippen LogP contribution in [0.5, 0.6) is 0 Å². The number of amides is 2. The van der Waals surface area contributed by atoms with Gasteiger partial charge >= 0.3 is 0 Å². The molecule has 0 saturated heterocycles. The van der Waals surface area contributed by atoms with Gasteiger partial charge in [-0.05, 0) is 25.2 Å². The van der Waals surface area contributed by atoms with Crippen molar-refractivity contribution in [2.24, 2.45) is 22.8 Å². The van der Waals surface area contributed by atoms with Gasteiger partial charge in [-0.25, -0.2) is 0 Å². The Balaban J connectivity index is 2.40. The molecule has 0 heterocycles. The first-order valence-electron chi connectivity index (χ1n) is 5.75. The zero-order valence-electron chi connectivity index (χ0n) is 9.99. The largest absolute Gasteiger partial charge is 0.392 e. The van der Waals surface area contributed by atoms with Gasteiger partial charge in [-0.15, -0.1) is 0 Å². The Bertz CT molecular complexity index is 338. The lowest BCUT2D eigenvalue weighted by atomic mass is 9.62. The molecular weight excluding hydrogens is 238 g/mol. The Morgan fingerprint density at radius 3 is 2.41 bits per heavy atom. The fourth-order valence-electron chi connectivity index (χ4n) is 2.26. The van der Waals surface area contributed by atoms with E-state index in [9.17, 15) is 9.59 Å². The summed E-state index contributed by atoms with van der Waals surface area (Å²) in [7, 11) is 0. The van der Waals surface area contributed by atoms with Crippen molar-refractivity contribution in [3.05, 3.63) is 0 Å². The maximum absolute atomic E-state index is 12.0. The van der Waals surface area contributed by atoms with E-state index in [1.807, 2.05) is 0 Å².